The van der Waals surface area contributed by atoms with Gasteiger partial charge in [-0.2, -0.15) is 0 Å². The number of hydrogen-bond acceptors (Lipinski definition) is 3. The largest absolute Gasteiger partial charge is 0.295 e. The Bertz CT molecular complexity index is 1080. The number of nitrogens with zero attached hydrogens (tertiary/aromatic N) is 1. The molecule has 2 aromatic carbocycles. The lowest BCUT2D eigenvalue weighted by Gasteiger charge is -2.52. The molecule has 1 aliphatic heterocycles. The fourth-order valence-corrected chi connectivity index (χ4v) is 7.60. The van der Waals surface area contributed by atoms with Crippen LogP contribution >= 0.6 is 0 Å². The second-order valence-electron chi connectivity index (χ2n) is 9.20. The smallest absolute Gasteiger partial charge is 0.264 e. The summed E-state index contributed by atoms with van der Waals surface area (Å²) in [7, 11) is -3.77. The topological polar surface area (TPSA) is 54.5 Å². The van der Waals surface area contributed by atoms with Gasteiger partial charge in [-0.3, -0.25) is 9.10 Å². The molecule has 1 fully saturated rings. The third-order valence-corrected chi connectivity index (χ3v) is 8.95. The number of carbonyl (C=O) groups is 1. The molecule has 30 heavy (non-hydrogen) atoms. The van der Waals surface area contributed by atoms with Crippen LogP contribution in [0, 0.1) is 13.8 Å². The van der Waals surface area contributed by atoms with Crippen LogP contribution in [0.15, 0.2) is 41.3 Å². The van der Waals surface area contributed by atoms with Crippen LogP contribution < -0.4 is 4.31 Å². The molecule has 0 radical (unpaired) electrons. The molecule has 4 nitrogen and oxygen atoms in total. The first-order valence-corrected chi connectivity index (χ1v) is 12.4. The number of rotatable bonds is 3. The monoisotopic (exact) mass is 425 g/mol. The maximum Gasteiger partial charge on any atom is 0.264 e. The lowest BCUT2D eigenvalue weighted by molar-refractivity contribution is 0.101. The summed E-state index contributed by atoms with van der Waals surface area (Å²) in [5, 5.41) is 0. The number of ketones is 1. The van der Waals surface area contributed by atoms with E-state index in [9.17, 15) is 13.2 Å². The molecule has 1 spiro atoms. The van der Waals surface area contributed by atoms with E-state index in [4.69, 9.17) is 0 Å². The number of Topliss-reactive ketones (excluding diaryl/α,β-unsaturated/α-hetero) is 1. The van der Waals surface area contributed by atoms with Gasteiger partial charge < -0.3 is 0 Å². The summed E-state index contributed by atoms with van der Waals surface area (Å²) in [4.78, 5) is 11.9. The summed E-state index contributed by atoms with van der Waals surface area (Å²) in [6.45, 7) is 7.84. The second-order valence-corrected chi connectivity index (χ2v) is 11.0. The first-order valence-electron chi connectivity index (χ1n) is 10.9. The van der Waals surface area contributed by atoms with Crippen molar-refractivity contribution >= 4 is 21.5 Å². The van der Waals surface area contributed by atoms with Crippen molar-refractivity contribution in [3.8, 4) is 0 Å². The van der Waals surface area contributed by atoms with Crippen molar-refractivity contribution in [1.82, 2.24) is 0 Å². The average Bonchev–Trinajstić information content (AvgIpc) is 2.71. The number of hydrogen-bond donors (Lipinski definition) is 0. The summed E-state index contributed by atoms with van der Waals surface area (Å²) >= 11 is 0. The number of fused-ring (bicyclic) bond motifs is 1. The Morgan fingerprint density at radius 2 is 1.57 bits per heavy atom. The summed E-state index contributed by atoms with van der Waals surface area (Å²) < 4.78 is 30.0. The van der Waals surface area contributed by atoms with Crippen molar-refractivity contribution in [2.45, 2.75) is 82.6 Å². The highest BCUT2D eigenvalue weighted by atomic mass is 32.2. The molecule has 160 valence electrons. The third-order valence-electron chi connectivity index (χ3n) is 7.03. The van der Waals surface area contributed by atoms with Gasteiger partial charge in [0.1, 0.15) is 0 Å². The lowest BCUT2D eigenvalue weighted by atomic mass is 9.70. The normalized spacial score (nSPS) is 20.8. The molecule has 1 aliphatic carbocycles. The van der Waals surface area contributed by atoms with Gasteiger partial charge in [0.05, 0.1) is 16.1 Å². The van der Waals surface area contributed by atoms with Gasteiger partial charge in [-0.15, -0.1) is 0 Å². The van der Waals surface area contributed by atoms with E-state index in [2.05, 4.69) is 19.9 Å². The van der Waals surface area contributed by atoms with E-state index in [0.717, 1.165) is 60.9 Å². The molecule has 0 bridgehead atoms. The van der Waals surface area contributed by atoms with Crippen molar-refractivity contribution in [3.63, 3.8) is 0 Å². The molecule has 1 heterocycles. The van der Waals surface area contributed by atoms with Crippen LogP contribution in [0.1, 0.15) is 85.3 Å². The first-order chi connectivity index (χ1) is 14.2. The third kappa shape index (κ3) is 3.27. The minimum absolute atomic E-state index is 0.0636. The molecule has 0 saturated heterocycles. The van der Waals surface area contributed by atoms with Gasteiger partial charge in [0, 0.05) is 5.56 Å². The number of carbonyl (C=O) groups excluding carboxylic acids is 1. The molecule has 2 aliphatic rings. The van der Waals surface area contributed by atoms with Crippen molar-refractivity contribution < 1.29 is 13.2 Å². The first kappa shape index (κ1) is 21.1. The van der Waals surface area contributed by atoms with Gasteiger partial charge in [-0.1, -0.05) is 50.5 Å². The van der Waals surface area contributed by atoms with Crippen LogP contribution in [0.5, 0.6) is 0 Å². The van der Waals surface area contributed by atoms with Crippen molar-refractivity contribution in [2.24, 2.45) is 0 Å². The van der Waals surface area contributed by atoms with Crippen LogP contribution in [-0.2, 0) is 10.0 Å². The van der Waals surface area contributed by atoms with Crippen molar-refractivity contribution in [1.29, 1.82) is 0 Å². The van der Waals surface area contributed by atoms with Crippen LogP contribution in [-0.4, -0.2) is 19.7 Å². The summed E-state index contributed by atoms with van der Waals surface area (Å²) in [6, 6.07) is 10.6. The van der Waals surface area contributed by atoms with Gasteiger partial charge >= 0.3 is 0 Å². The van der Waals surface area contributed by atoms with Gasteiger partial charge in [0.2, 0.25) is 0 Å². The Hall–Kier alpha value is -2.14. The fourth-order valence-electron chi connectivity index (χ4n) is 5.66. The summed E-state index contributed by atoms with van der Waals surface area (Å²) in [5.41, 5.74) is 4.36. The Balaban J connectivity index is 1.95. The summed E-state index contributed by atoms with van der Waals surface area (Å²) in [6.07, 6.45) is 5.93. The zero-order chi connectivity index (χ0) is 21.7. The molecule has 1 atom stereocenters. The molecule has 0 aromatic heterocycles. The highest BCUT2D eigenvalue weighted by Crippen LogP contribution is 2.53. The van der Waals surface area contributed by atoms with Gasteiger partial charge in [0.15, 0.2) is 5.78 Å². The van der Waals surface area contributed by atoms with Crippen molar-refractivity contribution in [3.05, 3.63) is 58.7 Å². The van der Waals surface area contributed by atoms with E-state index < -0.39 is 10.0 Å². The van der Waals surface area contributed by atoms with E-state index in [1.807, 2.05) is 13.0 Å². The number of anilines is 1. The van der Waals surface area contributed by atoms with Gasteiger partial charge in [-0.25, -0.2) is 8.42 Å². The van der Waals surface area contributed by atoms with E-state index in [0.29, 0.717) is 11.5 Å². The van der Waals surface area contributed by atoms with Crippen LogP contribution in [0.3, 0.4) is 0 Å². The molecule has 0 N–H and O–H groups in total. The zero-order valence-electron chi connectivity index (χ0n) is 18.4. The van der Waals surface area contributed by atoms with Crippen LogP contribution in [0.25, 0.3) is 0 Å². The van der Waals surface area contributed by atoms with Crippen LogP contribution in [0.2, 0.25) is 0 Å². The van der Waals surface area contributed by atoms with Crippen molar-refractivity contribution in [2.75, 3.05) is 4.31 Å². The van der Waals surface area contributed by atoms with E-state index >= 15 is 0 Å². The Labute approximate surface area is 180 Å². The highest BCUT2D eigenvalue weighted by Gasteiger charge is 2.50. The Morgan fingerprint density at radius 3 is 2.17 bits per heavy atom. The molecule has 0 amide bonds. The fraction of sp³-hybridized carbons (Fsp3) is 0.480. The van der Waals surface area contributed by atoms with Gasteiger partial charge in [0.25, 0.3) is 10.0 Å². The minimum Gasteiger partial charge on any atom is -0.295 e. The second kappa shape index (κ2) is 7.52. The number of aryl methyl sites for hydroxylation is 2. The standard InChI is InChI=1S/C25H31NO3S/c1-17-8-9-18(2)24-23(17)19(3)16-25(14-6-5-7-15-25)26(24)30(28,29)22-12-10-21(11-13-22)20(4)27/h8-13,19H,5-7,14-16H2,1-4H3. The molecular formula is C25H31NO3S. The molecule has 2 aromatic rings. The summed E-state index contributed by atoms with van der Waals surface area (Å²) in [5.74, 6) is 0.260. The zero-order valence-corrected chi connectivity index (χ0v) is 19.2. The van der Waals surface area contributed by atoms with E-state index in [1.54, 1.807) is 28.6 Å². The maximum atomic E-state index is 14.1. The molecule has 1 unspecified atom stereocenters. The number of benzene rings is 2. The SMILES string of the molecule is CC(=O)c1ccc(S(=O)(=O)N2c3c(C)ccc(C)c3C(C)CC23CCCCC3)cc1. The van der Waals surface area contributed by atoms with Crippen LogP contribution in [0.4, 0.5) is 5.69 Å². The average molecular weight is 426 g/mol. The predicted octanol–water partition coefficient (Wildman–Crippen LogP) is 5.91. The van der Waals surface area contributed by atoms with E-state index in [-0.39, 0.29) is 16.2 Å². The van der Waals surface area contributed by atoms with E-state index in [1.165, 1.54) is 6.92 Å². The minimum atomic E-state index is -3.77. The maximum absolute atomic E-state index is 14.1. The Kier molecular flexibility index (Phi) is 5.29. The quantitative estimate of drug-likeness (QED) is 0.574. The lowest BCUT2D eigenvalue weighted by Crippen LogP contribution is -2.56. The Morgan fingerprint density at radius 1 is 0.967 bits per heavy atom. The highest BCUT2D eigenvalue weighted by molar-refractivity contribution is 7.93. The van der Waals surface area contributed by atoms with Gasteiger partial charge in [-0.05, 0) is 74.8 Å². The molecule has 4 rings (SSSR count). The molecular weight excluding hydrogens is 394 g/mol. The number of sulfonamides is 1. The molecule has 5 heteroatoms. The predicted molar refractivity (Wildman–Crippen MR) is 121 cm³/mol. The molecule has 1 saturated carbocycles.